The molecule has 2 aromatic rings. The van der Waals surface area contributed by atoms with Crippen LogP contribution in [-0.2, 0) is 24.1 Å². The molecule has 2 aliphatic rings. The van der Waals surface area contributed by atoms with Crippen LogP contribution in [0.15, 0.2) is 22.7 Å². The first-order valence-electron chi connectivity index (χ1n) is 9.65. The van der Waals surface area contributed by atoms with E-state index in [2.05, 4.69) is 5.16 Å². The predicted molar refractivity (Wildman–Crippen MR) is 100 cm³/mol. The van der Waals surface area contributed by atoms with Crippen LogP contribution >= 0.6 is 0 Å². The van der Waals surface area contributed by atoms with Crippen LogP contribution in [0.25, 0.3) is 0 Å². The maximum absolute atomic E-state index is 12.7. The van der Waals surface area contributed by atoms with E-state index in [1.807, 2.05) is 23.1 Å². The van der Waals surface area contributed by atoms with Gasteiger partial charge in [0.25, 0.3) is 0 Å². The first kappa shape index (κ1) is 17.9. The molecule has 1 aromatic carbocycles. The highest BCUT2D eigenvalue weighted by atomic mass is 16.5. The smallest absolute Gasteiger partial charge is 0.226 e. The zero-order valence-corrected chi connectivity index (χ0v) is 16.0. The average Bonchev–Trinajstić information content (AvgIpc) is 3.32. The molecule has 0 bridgehead atoms. The van der Waals surface area contributed by atoms with E-state index in [0.717, 1.165) is 55.8 Å². The minimum atomic E-state index is 0.156. The zero-order valence-electron chi connectivity index (χ0n) is 16.0. The Bertz CT molecular complexity index is 822. The Kier molecular flexibility index (Phi) is 5.05. The van der Waals surface area contributed by atoms with E-state index in [1.165, 1.54) is 12.0 Å². The van der Waals surface area contributed by atoms with Crippen molar-refractivity contribution in [3.8, 4) is 11.5 Å². The molecule has 2 heterocycles. The number of carbonyl (C=O) groups excluding carboxylic acids is 1. The van der Waals surface area contributed by atoms with Crippen LogP contribution in [0.1, 0.15) is 47.8 Å². The lowest BCUT2D eigenvalue weighted by molar-refractivity contribution is -0.131. The second kappa shape index (κ2) is 7.62. The van der Waals surface area contributed by atoms with Crippen molar-refractivity contribution in [3.05, 3.63) is 40.8 Å². The molecule has 1 aliphatic heterocycles. The number of piperidine rings is 1. The predicted octanol–water partition coefficient (Wildman–Crippen LogP) is 3.13. The Morgan fingerprint density at radius 3 is 2.70 bits per heavy atom. The van der Waals surface area contributed by atoms with Crippen molar-refractivity contribution in [1.29, 1.82) is 0 Å². The molecule has 6 heteroatoms. The van der Waals surface area contributed by atoms with Gasteiger partial charge in [0.05, 0.1) is 26.3 Å². The van der Waals surface area contributed by atoms with Crippen molar-refractivity contribution >= 4 is 5.91 Å². The highest BCUT2D eigenvalue weighted by molar-refractivity contribution is 5.79. The van der Waals surface area contributed by atoms with Crippen molar-refractivity contribution in [1.82, 2.24) is 10.1 Å². The molecule has 0 spiro atoms. The first-order chi connectivity index (χ1) is 13.2. The van der Waals surface area contributed by atoms with Gasteiger partial charge in [-0.1, -0.05) is 11.2 Å². The summed E-state index contributed by atoms with van der Waals surface area (Å²) in [6.45, 7) is 1.54. The number of benzene rings is 1. The maximum atomic E-state index is 12.7. The quantitative estimate of drug-likeness (QED) is 0.809. The second-order valence-electron chi connectivity index (χ2n) is 7.35. The average molecular weight is 370 g/mol. The minimum Gasteiger partial charge on any atom is -0.493 e. The molecular weight excluding hydrogens is 344 g/mol. The Balaban J connectivity index is 1.36. The van der Waals surface area contributed by atoms with Crippen LogP contribution < -0.4 is 9.47 Å². The standard InChI is InChI=1S/C21H26N2O4/c1-25-18-7-6-14(12-19(18)26-2)13-20(24)23-10-8-15(9-11-23)21-16-4-3-5-17(16)22-27-21/h6-7,12,15H,3-5,8-11,13H2,1-2H3. The monoisotopic (exact) mass is 370 g/mol. The van der Waals surface area contributed by atoms with Gasteiger partial charge in [0.15, 0.2) is 11.5 Å². The third-order valence-corrected chi connectivity index (χ3v) is 5.76. The molecule has 1 fully saturated rings. The maximum Gasteiger partial charge on any atom is 0.226 e. The van der Waals surface area contributed by atoms with E-state index < -0.39 is 0 Å². The highest BCUT2D eigenvalue weighted by Gasteiger charge is 2.31. The van der Waals surface area contributed by atoms with E-state index in [4.69, 9.17) is 14.0 Å². The first-order valence-corrected chi connectivity index (χ1v) is 9.65. The molecule has 1 amide bonds. The van der Waals surface area contributed by atoms with Crippen molar-refractivity contribution in [3.63, 3.8) is 0 Å². The number of hydrogen-bond acceptors (Lipinski definition) is 5. The molecule has 0 saturated carbocycles. The Morgan fingerprint density at radius 1 is 1.19 bits per heavy atom. The molecule has 0 radical (unpaired) electrons. The lowest BCUT2D eigenvalue weighted by Gasteiger charge is -2.31. The fraction of sp³-hybridized carbons (Fsp3) is 0.524. The summed E-state index contributed by atoms with van der Waals surface area (Å²) in [7, 11) is 3.21. The van der Waals surface area contributed by atoms with Gasteiger partial charge in [0, 0.05) is 24.6 Å². The number of aryl methyl sites for hydroxylation is 1. The molecule has 0 atom stereocenters. The van der Waals surface area contributed by atoms with Gasteiger partial charge >= 0.3 is 0 Å². The second-order valence-corrected chi connectivity index (χ2v) is 7.35. The van der Waals surface area contributed by atoms with Crippen LogP contribution in [0.5, 0.6) is 11.5 Å². The summed E-state index contributed by atoms with van der Waals surface area (Å²) in [6, 6.07) is 5.64. The number of aromatic nitrogens is 1. The third kappa shape index (κ3) is 3.53. The summed E-state index contributed by atoms with van der Waals surface area (Å²) < 4.78 is 16.2. The molecule has 0 unspecified atom stereocenters. The fourth-order valence-electron chi connectivity index (χ4n) is 4.24. The lowest BCUT2D eigenvalue weighted by Crippen LogP contribution is -2.38. The lowest BCUT2D eigenvalue weighted by atomic mass is 9.91. The molecule has 0 N–H and O–H groups in total. The van der Waals surface area contributed by atoms with Crippen LogP contribution in [0.2, 0.25) is 0 Å². The number of likely N-dealkylation sites (tertiary alicyclic amines) is 1. The van der Waals surface area contributed by atoms with E-state index >= 15 is 0 Å². The third-order valence-electron chi connectivity index (χ3n) is 5.76. The van der Waals surface area contributed by atoms with E-state index in [0.29, 0.717) is 23.8 Å². The largest absolute Gasteiger partial charge is 0.493 e. The number of fused-ring (bicyclic) bond motifs is 1. The van der Waals surface area contributed by atoms with Crippen LogP contribution in [0.4, 0.5) is 0 Å². The van der Waals surface area contributed by atoms with Crippen LogP contribution in [0.3, 0.4) is 0 Å². The van der Waals surface area contributed by atoms with Crippen molar-refractivity contribution in [2.24, 2.45) is 0 Å². The number of ether oxygens (including phenoxy) is 2. The summed E-state index contributed by atoms with van der Waals surface area (Å²) in [6.07, 6.45) is 5.58. The topological polar surface area (TPSA) is 64.8 Å². The van der Waals surface area contributed by atoms with Gasteiger partial charge in [0.1, 0.15) is 5.76 Å². The number of amides is 1. The summed E-state index contributed by atoms with van der Waals surface area (Å²) in [4.78, 5) is 14.7. The number of hydrogen-bond donors (Lipinski definition) is 0. The van der Waals surface area contributed by atoms with Gasteiger partial charge in [-0.05, 0) is 49.8 Å². The molecular formula is C21H26N2O4. The van der Waals surface area contributed by atoms with Gasteiger partial charge < -0.3 is 18.9 Å². The van der Waals surface area contributed by atoms with Crippen molar-refractivity contribution in [2.45, 2.75) is 44.4 Å². The summed E-state index contributed by atoms with van der Waals surface area (Å²) >= 11 is 0. The molecule has 144 valence electrons. The minimum absolute atomic E-state index is 0.156. The Labute approximate surface area is 159 Å². The summed E-state index contributed by atoms with van der Waals surface area (Å²) in [5.74, 6) is 2.96. The Hall–Kier alpha value is -2.50. The van der Waals surface area contributed by atoms with Gasteiger partial charge in [-0.25, -0.2) is 0 Å². The van der Waals surface area contributed by atoms with Crippen molar-refractivity contribution in [2.75, 3.05) is 27.3 Å². The number of methoxy groups -OCH3 is 2. The number of nitrogens with zero attached hydrogens (tertiary/aromatic N) is 2. The SMILES string of the molecule is COc1ccc(CC(=O)N2CCC(c3onc4c3CCC4)CC2)cc1OC. The van der Waals surface area contributed by atoms with Gasteiger partial charge in [0.2, 0.25) is 5.91 Å². The van der Waals surface area contributed by atoms with Gasteiger partial charge in [-0.3, -0.25) is 4.79 Å². The highest BCUT2D eigenvalue weighted by Crippen LogP contribution is 2.35. The van der Waals surface area contributed by atoms with Gasteiger partial charge in [-0.2, -0.15) is 0 Å². The van der Waals surface area contributed by atoms with E-state index in [-0.39, 0.29) is 5.91 Å². The van der Waals surface area contributed by atoms with E-state index in [9.17, 15) is 4.79 Å². The summed E-state index contributed by atoms with van der Waals surface area (Å²) in [5, 5.41) is 4.23. The van der Waals surface area contributed by atoms with Crippen LogP contribution in [-0.4, -0.2) is 43.3 Å². The summed E-state index contributed by atoms with van der Waals surface area (Å²) in [5.41, 5.74) is 3.43. The normalized spacial score (nSPS) is 17.0. The fourth-order valence-corrected chi connectivity index (χ4v) is 4.24. The molecule has 6 nitrogen and oxygen atoms in total. The molecule has 1 aliphatic carbocycles. The zero-order chi connectivity index (χ0) is 18.8. The number of rotatable bonds is 5. The van der Waals surface area contributed by atoms with Gasteiger partial charge in [-0.15, -0.1) is 0 Å². The molecule has 1 saturated heterocycles. The molecule has 27 heavy (non-hydrogen) atoms. The van der Waals surface area contributed by atoms with E-state index in [1.54, 1.807) is 14.2 Å². The van der Waals surface area contributed by atoms with Crippen LogP contribution in [0, 0.1) is 0 Å². The number of carbonyl (C=O) groups is 1. The molecule has 1 aromatic heterocycles. The Morgan fingerprint density at radius 2 is 1.96 bits per heavy atom. The van der Waals surface area contributed by atoms with Crippen molar-refractivity contribution < 1.29 is 18.8 Å². The molecule has 4 rings (SSSR count).